The van der Waals surface area contributed by atoms with Crippen LogP contribution in [0.2, 0.25) is 0 Å². The van der Waals surface area contributed by atoms with Crippen LogP contribution in [0.3, 0.4) is 0 Å². The molecule has 1 saturated carbocycles. The molecule has 2 N–H and O–H groups in total. The minimum atomic E-state index is 0. The van der Waals surface area contributed by atoms with Gasteiger partial charge in [0.15, 0.2) is 0 Å². The summed E-state index contributed by atoms with van der Waals surface area (Å²) in [6.07, 6.45) is 4.90. The van der Waals surface area contributed by atoms with Crippen molar-refractivity contribution in [3.05, 3.63) is 12.2 Å². The van der Waals surface area contributed by atoms with E-state index in [2.05, 4.69) is 6.58 Å². The SMILES string of the molecule is C=C1CCCC[C@@H]1N.Cl. The number of hydrogen-bond acceptors (Lipinski definition) is 1. The van der Waals surface area contributed by atoms with Crippen LogP contribution in [0.5, 0.6) is 0 Å². The molecule has 1 rings (SSSR count). The Kier molecular flexibility index (Phi) is 3.91. The Morgan fingerprint density at radius 2 is 2.11 bits per heavy atom. The lowest BCUT2D eigenvalue weighted by molar-refractivity contribution is 0.538. The van der Waals surface area contributed by atoms with Gasteiger partial charge >= 0.3 is 0 Å². The van der Waals surface area contributed by atoms with Crippen LogP contribution in [0.15, 0.2) is 12.2 Å². The Balaban J connectivity index is 0.000000640. The molecule has 0 unspecified atom stereocenters. The highest BCUT2D eigenvalue weighted by Gasteiger charge is 2.10. The zero-order valence-electron chi connectivity index (χ0n) is 5.60. The zero-order chi connectivity index (χ0) is 5.98. The molecule has 0 aliphatic heterocycles. The van der Waals surface area contributed by atoms with Crippen LogP contribution in [0.25, 0.3) is 0 Å². The van der Waals surface area contributed by atoms with Crippen LogP contribution < -0.4 is 5.73 Å². The number of hydrogen-bond donors (Lipinski definition) is 1. The molecular weight excluding hydrogens is 134 g/mol. The molecule has 0 aromatic rings. The standard InChI is InChI=1S/C7H13N.ClH/c1-6-4-2-3-5-7(6)8;/h7H,1-5,8H2;1H/t7-;/m0./s1. The lowest BCUT2D eigenvalue weighted by Gasteiger charge is -2.19. The van der Waals surface area contributed by atoms with Crippen LogP contribution >= 0.6 is 12.4 Å². The Hall–Kier alpha value is -0.0100. The number of rotatable bonds is 0. The summed E-state index contributed by atoms with van der Waals surface area (Å²) in [5, 5.41) is 0. The van der Waals surface area contributed by atoms with E-state index in [4.69, 9.17) is 5.73 Å². The van der Waals surface area contributed by atoms with Gasteiger partial charge in [-0.1, -0.05) is 18.6 Å². The van der Waals surface area contributed by atoms with Crippen LogP contribution in [0.1, 0.15) is 25.7 Å². The van der Waals surface area contributed by atoms with Gasteiger partial charge in [-0.15, -0.1) is 12.4 Å². The first-order valence-electron chi connectivity index (χ1n) is 3.24. The fraction of sp³-hybridized carbons (Fsp3) is 0.714. The minimum absolute atomic E-state index is 0. The van der Waals surface area contributed by atoms with Gasteiger partial charge in [0, 0.05) is 6.04 Å². The predicted octanol–water partition coefficient (Wildman–Crippen LogP) is 1.87. The number of nitrogens with two attached hydrogens (primary N) is 1. The van der Waals surface area contributed by atoms with Gasteiger partial charge in [-0.25, -0.2) is 0 Å². The average molecular weight is 148 g/mol. The molecule has 1 atom stereocenters. The van der Waals surface area contributed by atoms with Crippen molar-refractivity contribution in [2.24, 2.45) is 5.73 Å². The fourth-order valence-electron chi connectivity index (χ4n) is 1.11. The molecule has 2 heteroatoms. The minimum Gasteiger partial charge on any atom is -0.324 e. The highest BCUT2D eigenvalue weighted by atomic mass is 35.5. The van der Waals surface area contributed by atoms with Gasteiger partial charge < -0.3 is 5.73 Å². The summed E-state index contributed by atoms with van der Waals surface area (Å²) in [5.41, 5.74) is 6.93. The zero-order valence-corrected chi connectivity index (χ0v) is 6.41. The topological polar surface area (TPSA) is 26.0 Å². The maximum absolute atomic E-state index is 5.68. The molecule has 9 heavy (non-hydrogen) atoms. The molecule has 0 radical (unpaired) electrons. The van der Waals surface area contributed by atoms with Gasteiger partial charge in [-0.05, 0) is 19.3 Å². The molecule has 0 saturated heterocycles. The number of halogens is 1. The fourth-order valence-corrected chi connectivity index (χ4v) is 1.11. The molecule has 0 amide bonds. The second-order valence-corrected chi connectivity index (χ2v) is 2.51. The molecule has 0 bridgehead atoms. The Morgan fingerprint density at radius 3 is 2.44 bits per heavy atom. The van der Waals surface area contributed by atoms with Gasteiger partial charge in [0.25, 0.3) is 0 Å². The van der Waals surface area contributed by atoms with E-state index in [1.54, 1.807) is 0 Å². The van der Waals surface area contributed by atoms with Gasteiger partial charge in [-0.2, -0.15) is 0 Å². The van der Waals surface area contributed by atoms with Gasteiger partial charge in [0.05, 0.1) is 0 Å². The van der Waals surface area contributed by atoms with Gasteiger partial charge in [0.1, 0.15) is 0 Å². The van der Waals surface area contributed by atoms with E-state index in [1.807, 2.05) is 0 Å². The molecular formula is C7H14ClN. The largest absolute Gasteiger partial charge is 0.324 e. The first-order valence-corrected chi connectivity index (χ1v) is 3.24. The van der Waals surface area contributed by atoms with E-state index in [9.17, 15) is 0 Å². The molecule has 0 aromatic heterocycles. The van der Waals surface area contributed by atoms with E-state index in [0.29, 0.717) is 6.04 Å². The van der Waals surface area contributed by atoms with E-state index in [0.717, 1.165) is 12.8 Å². The van der Waals surface area contributed by atoms with Crippen molar-refractivity contribution in [3.8, 4) is 0 Å². The molecule has 0 spiro atoms. The van der Waals surface area contributed by atoms with Crippen LogP contribution in [0, 0.1) is 0 Å². The third-order valence-electron chi connectivity index (χ3n) is 1.79. The van der Waals surface area contributed by atoms with E-state index in [-0.39, 0.29) is 12.4 Å². The highest BCUT2D eigenvalue weighted by molar-refractivity contribution is 5.85. The van der Waals surface area contributed by atoms with Crippen molar-refractivity contribution in [2.45, 2.75) is 31.7 Å². The first kappa shape index (κ1) is 8.99. The summed E-state index contributed by atoms with van der Waals surface area (Å²) in [6.45, 7) is 3.87. The lowest BCUT2D eigenvalue weighted by Crippen LogP contribution is -2.24. The highest BCUT2D eigenvalue weighted by Crippen LogP contribution is 2.19. The van der Waals surface area contributed by atoms with Crippen LogP contribution in [0.4, 0.5) is 0 Å². The summed E-state index contributed by atoms with van der Waals surface area (Å²) in [4.78, 5) is 0. The summed E-state index contributed by atoms with van der Waals surface area (Å²) in [7, 11) is 0. The van der Waals surface area contributed by atoms with Crippen molar-refractivity contribution in [1.82, 2.24) is 0 Å². The van der Waals surface area contributed by atoms with E-state index in [1.165, 1.54) is 18.4 Å². The van der Waals surface area contributed by atoms with Crippen molar-refractivity contribution in [2.75, 3.05) is 0 Å². The maximum Gasteiger partial charge on any atom is 0.0250 e. The Bertz CT molecular complexity index is 101. The summed E-state index contributed by atoms with van der Waals surface area (Å²) >= 11 is 0. The predicted molar refractivity (Wildman–Crippen MR) is 42.8 cm³/mol. The average Bonchev–Trinajstić information content (AvgIpc) is 1.77. The molecule has 1 aliphatic rings. The maximum atomic E-state index is 5.68. The summed E-state index contributed by atoms with van der Waals surface area (Å²) in [6, 6.07) is 0.309. The molecule has 1 nitrogen and oxygen atoms in total. The van der Waals surface area contributed by atoms with E-state index < -0.39 is 0 Å². The third kappa shape index (κ3) is 2.37. The Morgan fingerprint density at radius 1 is 1.44 bits per heavy atom. The monoisotopic (exact) mass is 147 g/mol. The molecule has 1 aliphatic carbocycles. The molecule has 0 heterocycles. The second-order valence-electron chi connectivity index (χ2n) is 2.51. The summed E-state index contributed by atoms with van der Waals surface area (Å²) in [5.74, 6) is 0. The van der Waals surface area contributed by atoms with Crippen molar-refractivity contribution >= 4 is 12.4 Å². The van der Waals surface area contributed by atoms with Crippen LogP contribution in [-0.2, 0) is 0 Å². The lowest BCUT2D eigenvalue weighted by atomic mass is 9.92. The Labute approximate surface area is 62.7 Å². The molecule has 54 valence electrons. The summed E-state index contributed by atoms with van der Waals surface area (Å²) < 4.78 is 0. The smallest absolute Gasteiger partial charge is 0.0250 e. The second kappa shape index (κ2) is 3.91. The first-order chi connectivity index (χ1) is 3.80. The van der Waals surface area contributed by atoms with Gasteiger partial charge in [0.2, 0.25) is 0 Å². The van der Waals surface area contributed by atoms with Crippen molar-refractivity contribution < 1.29 is 0 Å². The van der Waals surface area contributed by atoms with Crippen LogP contribution in [-0.4, -0.2) is 6.04 Å². The molecule has 0 aromatic carbocycles. The van der Waals surface area contributed by atoms with Crippen molar-refractivity contribution in [3.63, 3.8) is 0 Å². The third-order valence-corrected chi connectivity index (χ3v) is 1.79. The normalized spacial score (nSPS) is 27.2. The van der Waals surface area contributed by atoms with E-state index >= 15 is 0 Å². The quantitative estimate of drug-likeness (QED) is 0.521. The van der Waals surface area contributed by atoms with Crippen molar-refractivity contribution in [1.29, 1.82) is 0 Å². The van der Waals surface area contributed by atoms with Gasteiger partial charge in [-0.3, -0.25) is 0 Å². The molecule has 1 fully saturated rings.